The normalized spacial score (nSPS) is 24.0. The molecule has 0 saturated carbocycles. The first-order valence-electron chi connectivity index (χ1n) is 8.41. The average molecular weight is 446 g/mol. The summed E-state index contributed by atoms with van der Waals surface area (Å²) in [6.07, 6.45) is 4.69. The van der Waals surface area contributed by atoms with E-state index in [1.165, 1.54) is 0 Å². The summed E-state index contributed by atoms with van der Waals surface area (Å²) in [5.41, 5.74) is 2.26. The third-order valence-electron chi connectivity index (χ3n) is 4.83. The van der Waals surface area contributed by atoms with Crippen molar-refractivity contribution in [3.05, 3.63) is 17.5 Å². The van der Waals surface area contributed by atoms with Crippen molar-refractivity contribution in [3.63, 3.8) is 0 Å². The number of piperidine rings is 1. The molecule has 1 aromatic rings. The molecule has 8 heteroatoms. The van der Waals surface area contributed by atoms with Gasteiger partial charge in [0.2, 0.25) is 5.91 Å². The smallest absolute Gasteiger partial charge is 0.220 e. The minimum absolute atomic E-state index is 0. The summed E-state index contributed by atoms with van der Waals surface area (Å²) in [4.78, 5) is 18.7. The molecule has 2 fully saturated rings. The lowest BCUT2D eigenvalue weighted by Gasteiger charge is -2.40. The summed E-state index contributed by atoms with van der Waals surface area (Å²) in [6.45, 7) is 8.22. The van der Waals surface area contributed by atoms with E-state index < -0.39 is 0 Å². The average Bonchev–Trinajstić information content (AvgIpc) is 3.10. The van der Waals surface area contributed by atoms with Crippen LogP contribution in [0.25, 0.3) is 0 Å². The van der Waals surface area contributed by atoms with Crippen LogP contribution < -0.4 is 10.6 Å². The number of hydrogen-bond acceptors (Lipinski definition) is 3. The Labute approximate surface area is 160 Å². The molecule has 3 rings (SSSR count). The quantitative estimate of drug-likeness (QED) is 0.373. The van der Waals surface area contributed by atoms with E-state index in [1.54, 1.807) is 0 Å². The number of aliphatic imine (C=N–C) groups is 1. The number of amides is 1. The summed E-state index contributed by atoms with van der Waals surface area (Å²) in [6, 6.07) is 0. The Bertz CT molecular complexity index is 601. The molecule has 2 aliphatic rings. The number of aromatic amines is 1. The fraction of sp³-hybridized carbons (Fsp3) is 0.688. The van der Waals surface area contributed by atoms with Crippen LogP contribution in [0.15, 0.2) is 11.2 Å². The van der Waals surface area contributed by atoms with Gasteiger partial charge in [0.1, 0.15) is 0 Å². The predicted octanol–water partition coefficient (Wildman–Crippen LogP) is 1.40. The number of likely N-dealkylation sites (tertiary alicyclic amines) is 1. The highest BCUT2D eigenvalue weighted by Crippen LogP contribution is 2.36. The van der Waals surface area contributed by atoms with Crippen LogP contribution in [0.1, 0.15) is 37.4 Å². The number of nitrogens with zero attached hydrogens (tertiary/aromatic N) is 3. The predicted molar refractivity (Wildman–Crippen MR) is 104 cm³/mol. The van der Waals surface area contributed by atoms with Gasteiger partial charge in [-0.3, -0.25) is 9.89 Å². The van der Waals surface area contributed by atoms with Crippen molar-refractivity contribution in [2.24, 2.45) is 10.4 Å². The molecule has 3 heterocycles. The van der Waals surface area contributed by atoms with Gasteiger partial charge in [-0.2, -0.15) is 5.10 Å². The Balaban J connectivity index is 0.00000208. The van der Waals surface area contributed by atoms with Gasteiger partial charge in [-0.15, -0.1) is 24.0 Å². The first-order chi connectivity index (χ1) is 11.1. The molecular formula is C16H27IN6O. The lowest BCUT2D eigenvalue weighted by atomic mass is 9.79. The van der Waals surface area contributed by atoms with E-state index >= 15 is 0 Å². The van der Waals surface area contributed by atoms with Crippen LogP contribution in [-0.2, 0) is 11.3 Å². The molecular weight excluding hydrogens is 419 g/mol. The second kappa shape index (κ2) is 8.17. The Kier molecular flexibility index (Phi) is 6.47. The van der Waals surface area contributed by atoms with Crippen LogP contribution in [0.3, 0.4) is 0 Å². The molecule has 7 nitrogen and oxygen atoms in total. The fourth-order valence-corrected chi connectivity index (χ4v) is 3.55. The summed E-state index contributed by atoms with van der Waals surface area (Å²) in [7, 11) is 0. The number of rotatable bonds is 3. The molecule has 3 N–H and O–H groups in total. The van der Waals surface area contributed by atoms with Crippen LogP contribution in [0.2, 0.25) is 0 Å². The van der Waals surface area contributed by atoms with E-state index in [0.29, 0.717) is 13.0 Å². The molecule has 1 unspecified atom stereocenters. The number of carbonyl (C=O) groups is 1. The van der Waals surface area contributed by atoms with Crippen LogP contribution in [0.5, 0.6) is 0 Å². The Morgan fingerprint density at radius 2 is 2.38 bits per heavy atom. The lowest BCUT2D eigenvalue weighted by molar-refractivity contribution is -0.119. The van der Waals surface area contributed by atoms with E-state index in [1.807, 2.05) is 13.1 Å². The van der Waals surface area contributed by atoms with Gasteiger partial charge in [-0.1, -0.05) is 0 Å². The number of aromatic nitrogens is 2. The maximum absolute atomic E-state index is 11.7. The van der Waals surface area contributed by atoms with Gasteiger partial charge >= 0.3 is 0 Å². The minimum Gasteiger partial charge on any atom is -0.357 e. The summed E-state index contributed by atoms with van der Waals surface area (Å²) < 4.78 is 0. The molecule has 1 aromatic heterocycles. The molecule has 2 saturated heterocycles. The molecule has 0 radical (unpaired) electrons. The fourth-order valence-electron chi connectivity index (χ4n) is 3.55. The number of halogens is 1. The molecule has 0 aliphatic carbocycles. The van der Waals surface area contributed by atoms with Crippen LogP contribution in [-0.4, -0.2) is 53.1 Å². The highest BCUT2D eigenvalue weighted by Gasteiger charge is 2.42. The van der Waals surface area contributed by atoms with Crippen molar-refractivity contribution in [3.8, 4) is 0 Å². The number of H-pyrrole nitrogens is 1. The number of guanidine groups is 1. The molecule has 0 bridgehead atoms. The van der Waals surface area contributed by atoms with Gasteiger partial charge in [-0.25, -0.2) is 4.99 Å². The van der Waals surface area contributed by atoms with Gasteiger partial charge in [0.05, 0.1) is 12.7 Å². The van der Waals surface area contributed by atoms with E-state index in [4.69, 9.17) is 4.99 Å². The van der Waals surface area contributed by atoms with Crippen molar-refractivity contribution < 1.29 is 4.79 Å². The van der Waals surface area contributed by atoms with E-state index in [9.17, 15) is 4.79 Å². The third kappa shape index (κ3) is 4.20. The highest BCUT2D eigenvalue weighted by atomic mass is 127. The van der Waals surface area contributed by atoms with Crippen molar-refractivity contribution in [1.29, 1.82) is 0 Å². The van der Waals surface area contributed by atoms with Crippen molar-refractivity contribution in [2.45, 2.75) is 39.7 Å². The molecule has 0 aromatic carbocycles. The monoisotopic (exact) mass is 446 g/mol. The first-order valence-corrected chi connectivity index (χ1v) is 8.41. The molecule has 24 heavy (non-hydrogen) atoms. The molecule has 1 amide bonds. The zero-order chi connectivity index (χ0) is 16.3. The zero-order valence-corrected chi connectivity index (χ0v) is 16.7. The van der Waals surface area contributed by atoms with Gasteiger partial charge in [-0.05, 0) is 26.7 Å². The SMILES string of the molecule is CCNC(=NCc1cn[nH]c1C)N1CCCC2(CNC(=O)C2)C1.I. The number of carbonyl (C=O) groups excluding carboxylic acids is 1. The van der Waals surface area contributed by atoms with Crippen molar-refractivity contribution in [2.75, 3.05) is 26.2 Å². The summed E-state index contributed by atoms with van der Waals surface area (Å²) in [5.74, 6) is 1.12. The largest absolute Gasteiger partial charge is 0.357 e. The van der Waals surface area contributed by atoms with E-state index in [0.717, 1.165) is 56.2 Å². The topological polar surface area (TPSA) is 85.4 Å². The standard InChI is InChI=1S/C16H26N6O.HI/c1-3-17-15(18-8-13-9-20-21-12(13)2)22-6-4-5-16(11-22)7-14(23)19-10-16;/h9H,3-8,10-11H2,1-2H3,(H,17,18)(H,19,23)(H,20,21);1H. The molecule has 1 spiro atoms. The lowest BCUT2D eigenvalue weighted by Crippen LogP contribution is -2.51. The summed E-state index contributed by atoms with van der Waals surface area (Å²) in [5, 5.41) is 13.4. The molecule has 134 valence electrons. The third-order valence-corrected chi connectivity index (χ3v) is 4.83. The second-order valence-corrected chi connectivity index (χ2v) is 6.67. The Hall–Kier alpha value is -1.32. The van der Waals surface area contributed by atoms with E-state index in [-0.39, 0.29) is 35.3 Å². The second-order valence-electron chi connectivity index (χ2n) is 6.67. The number of aryl methyl sites for hydroxylation is 1. The first kappa shape index (κ1) is 19.0. The molecule has 2 aliphatic heterocycles. The Morgan fingerprint density at radius 3 is 3.00 bits per heavy atom. The van der Waals surface area contributed by atoms with Crippen molar-refractivity contribution in [1.82, 2.24) is 25.7 Å². The number of nitrogens with one attached hydrogen (secondary N) is 3. The van der Waals surface area contributed by atoms with Gasteiger partial charge < -0.3 is 15.5 Å². The van der Waals surface area contributed by atoms with Gasteiger partial charge in [0.25, 0.3) is 0 Å². The van der Waals surface area contributed by atoms with Crippen LogP contribution >= 0.6 is 24.0 Å². The summed E-state index contributed by atoms with van der Waals surface area (Å²) >= 11 is 0. The Morgan fingerprint density at radius 1 is 1.54 bits per heavy atom. The maximum atomic E-state index is 11.7. The zero-order valence-electron chi connectivity index (χ0n) is 14.4. The maximum Gasteiger partial charge on any atom is 0.220 e. The van der Waals surface area contributed by atoms with Gasteiger partial charge in [0.15, 0.2) is 5.96 Å². The van der Waals surface area contributed by atoms with Gasteiger partial charge in [0, 0.05) is 49.3 Å². The van der Waals surface area contributed by atoms with E-state index in [2.05, 4.69) is 32.7 Å². The highest BCUT2D eigenvalue weighted by molar-refractivity contribution is 14.0. The number of hydrogen-bond donors (Lipinski definition) is 3. The molecule has 1 atom stereocenters. The van der Waals surface area contributed by atoms with Crippen LogP contribution in [0, 0.1) is 12.3 Å². The minimum atomic E-state index is 0. The van der Waals surface area contributed by atoms with Crippen LogP contribution in [0.4, 0.5) is 0 Å². The van der Waals surface area contributed by atoms with Crippen molar-refractivity contribution >= 4 is 35.8 Å².